The van der Waals surface area contributed by atoms with Crippen LogP contribution < -0.4 is 5.32 Å². The van der Waals surface area contributed by atoms with Gasteiger partial charge in [-0.2, -0.15) is 0 Å². The molecule has 0 amide bonds. The van der Waals surface area contributed by atoms with Crippen molar-refractivity contribution < 1.29 is 13.3 Å². The molecular formula is C12H16N2O4S. The molecule has 2 rings (SSSR count). The molecule has 0 radical (unpaired) electrons. The van der Waals surface area contributed by atoms with Crippen molar-refractivity contribution in [1.82, 2.24) is 0 Å². The van der Waals surface area contributed by atoms with Gasteiger partial charge in [0.1, 0.15) is 0 Å². The van der Waals surface area contributed by atoms with E-state index >= 15 is 0 Å². The van der Waals surface area contributed by atoms with Crippen LogP contribution in [0.1, 0.15) is 23.6 Å². The van der Waals surface area contributed by atoms with Crippen LogP contribution in [-0.4, -0.2) is 25.3 Å². The van der Waals surface area contributed by atoms with Crippen molar-refractivity contribution >= 4 is 15.5 Å². The van der Waals surface area contributed by atoms with Crippen LogP contribution in [0.2, 0.25) is 0 Å². The van der Waals surface area contributed by atoms with E-state index in [0.717, 1.165) is 17.7 Å². The van der Waals surface area contributed by atoms with E-state index in [2.05, 4.69) is 5.32 Å². The quantitative estimate of drug-likeness (QED) is 0.673. The number of aryl methyl sites for hydroxylation is 1. The molecule has 1 aliphatic heterocycles. The van der Waals surface area contributed by atoms with Crippen LogP contribution in [0.15, 0.2) is 11.0 Å². The van der Waals surface area contributed by atoms with Crippen molar-refractivity contribution in [3.8, 4) is 0 Å². The van der Waals surface area contributed by atoms with Gasteiger partial charge in [-0.1, -0.05) is 0 Å². The van der Waals surface area contributed by atoms with Gasteiger partial charge in [0.25, 0.3) is 0 Å². The zero-order valence-electron chi connectivity index (χ0n) is 11.1. The summed E-state index contributed by atoms with van der Waals surface area (Å²) in [4.78, 5) is 9.82. The van der Waals surface area contributed by atoms with E-state index in [4.69, 9.17) is 0 Å². The van der Waals surface area contributed by atoms with E-state index in [9.17, 15) is 18.5 Å². The molecule has 0 fully saturated rings. The van der Waals surface area contributed by atoms with Gasteiger partial charge in [-0.15, -0.1) is 0 Å². The van der Waals surface area contributed by atoms with Gasteiger partial charge >= 0.3 is 5.88 Å². The third-order valence-electron chi connectivity index (χ3n) is 3.34. The minimum Gasteiger partial charge on any atom is -0.382 e. The van der Waals surface area contributed by atoms with E-state index < -0.39 is 20.6 Å². The van der Waals surface area contributed by atoms with Crippen LogP contribution in [0.4, 0.5) is 5.69 Å². The maximum absolute atomic E-state index is 12.1. The summed E-state index contributed by atoms with van der Waals surface area (Å²) in [6, 6.07) is 2.01. The molecule has 0 aromatic heterocycles. The zero-order chi connectivity index (χ0) is 14.4. The van der Waals surface area contributed by atoms with E-state index in [1.807, 2.05) is 6.92 Å². The lowest BCUT2D eigenvalue weighted by Crippen LogP contribution is -2.17. The highest BCUT2D eigenvalue weighted by molar-refractivity contribution is 7.91. The van der Waals surface area contributed by atoms with Gasteiger partial charge < -0.3 is 5.32 Å². The topological polar surface area (TPSA) is 89.3 Å². The van der Waals surface area contributed by atoms with Gasteiger partial charge in [0.05, 0.1) is 4.90 Å². The fourth-order valence-electron chi connectivity index (χ4n) is 2.70. The van der Waals surface area contributed by atoms with Crippen LogP contribution in [0, 0.1) is 24.0 Å². The van der Waals surface area contributed by atoms with Crippen molar-refractivity contribution in [2.75, 3.05) is 11.2 Å². The molecule has 0 aliphatic carbocycles. The molecule has 19 heavy (non-hydrogen) atoms. The van der Waals surface area contributed by atoms with Crippen LogP contribution >= 0.6 is 0 Å². The minimum atomic E-state index is -3.89. The summed E-state index contributed by atoms with van der Waals surface area (Å²) in [6.45, 7) is 5.41. The van der Waals surface area contributed by atoms with Gasteiger partial charge in [-0.25, -0.2) is 8.42 Å². The van der Waals surface area contributed by atoms with Crippen molar-refractivity contribution in [1.29, 1.82) is 0 Å². The monoisotopic (exact) mass is 284 g/mol. The number of nitrogens with zero attached hydrogens (tertiary/aromatic N) is 1. The Kier molecular flexibility index (Phi) is 3.25. The average molecular weight is 284 g/mol. The lowest BCUT2D eigenvalue weighted by Gasteiger charge is -2.12. The second-order valence-electron chi connectivity index (χ2n) is 5.00. The number of nitro groups is 1. The first-order valence-corrected chi connectivity index (χ1v) is 7.61. The van der Waals surface area contributed by atoms with Gasteiger partial charge in [0, 0.05) is 16.7 Å². The van der Waals surface area contributed by atoms with Crippen molar-refractivity contribution in [3.05, 3.63) is 32.9 Å². The first-order chi connectivity index (χ1) is 8.72. The number of fused-ring (bicyclic) bond motifs is 1. The van der Waals surface area contributed by atoms with Crippen LogP contribution in [0.5, 0.6) is 0 Å². The standard InChI is InChI=1S/C12H16N2O4S/c1-7-4-11-10(5-8(2)13-11)9(3)12(7)19(17,18)6-14(15)16/h4,8,13H,5-6H2,1-3H3. The predicted molar refractivity (Wildman–Crippen MR) is 71.8 cm³/mol. The molecule has 7 heteroatoms. The van der Waals surface area contributed by atoms with Gasteiger partial charge in [0.15, 0.2) is 0 Å². The molecule has 1 aromatic rings. The predicted octanol–water partition coefficient (Wildman–Crippen LogP) is 1.67. The van der Waals surface area contributed by atoms with E-state index in [0.29, 0.717) is 11.1 Å². The summed E-state index contributed by atoms with van der Waals surface area (Å²) in [6.07, 6.45) is 0.739. The Morgan fingerprint density at radius 3 is 2.68 bits per heavy atom. The molecule has 1 aromatic carbocycles. The highest BCUT2D eigenvalue weighted by atomic mass is 32.2. The molecule has 1 N–H and O–H groups in total. The number of sulfone groups is 1. The Balaban J connectivity index is 2.61. The third kappa shape index (κ3) is 2.42. The second-order valence-corrected chi connectivity index (χ2v) is 6.90. The number of anilines is 1. The number of hydrogen-bond acceptors (Lipinski definition) is 5. The van der Waals surface area contributed by atoms with E-state index in [1.165, 1.54) is 0 Å². The maximum Gasteiger partial charge on any atom is 0.305 e. The molecule has 0 bridgehead atoms. The Hall–Kier alpha value is -1.63. The molecule has 1 unspecified atom stereocenters. The third-order valence-corrected chi connectivity index (χ3v) is 5.14. The molecule has 6 nitrogen and oxygen atoms in total. The molecule has 104 valence electrons. The fraction of sp³-hybridized carbons (Fsp3) is 0.500. The van der Waals surface area contributed by atoms with E-state index in [-0.39, 0.29) is 10.9 Å². The van der Waals surface area contributed by atoms with Gasteiger partial charge in [-0.3, -0.25) is 10.1 Å². The van der Waals surface area contributed by atoms with Gasteiger partial charge in [-0.05, 0) is 49.9 Å². The molecule has 1 heterocycles. The normalized spacial score (nSPS) is 17.9. The van der Waals surface area contributed by atoms with Crippen LogP contribution in [0.25, 0.3) is 0 Å². The van der Waals surface area contributed by atoms with Gasteiger partial charge in [0.2, 0.25) is 9.84 Å². The summed E-state index contributed by atoms with van der Waals surface area (Å²) in [5.74, 6) is -1.06. The Bertz CT molecular complexity index is 652. The second kappa shape index (κ2) is 4.48. The summed E-state index contributed by atoms with van der Waals surface area (Å²) >= 11 is 0. The first kappa shape index (κ1) is 13.8. The number of hydrogen-bond donors (Lipinski definition) is 1. The Morgan fingerprint density at radius 1 is 1.47 bits per heavy atom. The summed E-state index contributed by atoms with van der Waals surface area (Å²) < 4.78 is 24.2. The SMILES string of the molecule is Cc1cc2c(c(C)c1S(=O)(=O)C[N+](=O)[O-])CC(C)N2. The summed E-state index contributed by atoms with van der Waals surface area (Å²) in [7, 11) is -3.89. The van der Waals surface area contributed by atoms with Crippen molar-refractivity contribution in [3.63, 3.8) is 0 Å². The van der Waals surface area contributed by atoms with Crippen molar-refractivity contribution in [2.24, 2.45) is 0 Å². The summed E-state index contributed by atoms with van der Waals surface area (Å²) in [5.41, 5.74) is 3.07. The molecule has 1 atom stereocenters. The fourth-order valence-corrected chi connectivity index (χ4v) is 4.25. The molecular weight excluding hydrogens is 268 g/mol. The highest BCUT2D eigenvalue weighted by Crippen LogP contribution is 2.35. The smallest absolute Gasteiger partial charge is 0.305 e. The Labute approximate surface area is 111 Å². The molecule has 0 saturated carbocycles. The summed E-state index contributed by atoms with van der Waals surface area (Å²) in [5, 5.41) is 13.8. The Morgan fingerprint density at radius 2 is 2.11 bits per heavy atom. The number of benzene rings is 1. The highest BCUT2D eigenvalue weighted by Gasteiger charge is 2.30. The average Bonchev–Trinajstić information content (AvgIpc) is 2.56. The number of nitrogens with one attached hydrogen (secondary N) is 1. The van der Waals surface area contributed by atoms with Crippen LogP contribution in [0.3, 0.4) is 0 Å². The van der Waals surface area contributed by atoms with Crippen molar-refractivity contribution in [2.45, 2.75) is 38.1 Å². The van der Waals surface area contributed by atoms with Crippen LogP contribution in [-0.2, 0) is 16.3 Å². The minimum absolute atomic E-state index is 0.110. The lowest BCUT2D eigenvalue weighted by atomic mass is 10.0. The number of rotatable bonds is 3. The lowest BCUT2D eigenvalue weighted by molar-refractivity contribution is -0.458. The maximum atomic E-state index is 12.1. The zero-order valence-corrected chi connectivity index (χ0v) is 11.9. The molecule has 1 aliphatic rings. The first-order valence-electron chi connectivity index (χ1n) is 5.96. The van der Waals surface area contributed by atoms with E-state index in [1.54, 1.807) is 19.9 Å². The largest absolute Gasteiger partial charge is 0.382 e. The molecule has 0 spiro atoms. The molecule has 0 saturated heterocycles.